The highest BCUT2D eigenvalue weighted by atomic mass is 31.2. The minimum Gasteiger partial charge on any atom is -0.382 e. The largest absolute Gasteiger partial charge is 0.382 e. The molecule has 2 atom stereocenters. The monoisotopic (exact) mass is 617 g/mol. The van der Waals surface area contributed by atoms with Gasteiger partial charge in [-0.1, -0.05) is 90.0 Å². The highest BCUT2D eigenvalue weighted by Crippen LogP contribution is 2.41. The Morgan fingerprint density at radius 1 is 0.907 bits per heavy atom. The first-order chi connectivity index (χ1) is 20.5. The van der Waals surface area contributed by atoms with E-state index in [1.165, 1.54) is 68.8 Å². The minimum atomic E-state index is -3.87. The van der Waals surface area contributed by atoms with Gasteiger partial charge in [-0.2, -0.15) is 0 Å². The van der Waals surface area contributed by atoms with E-state index in [9.17, 15) is 9.46 Å². The second kappa shape index (κ2) is 17.8. The lowest BCUT2D eigenvalue weighted by Crippen LogP contribution is -2.18. The fourth-order valence-electron chi connectivity index (χ4n) is 4.90. The molecule has 0 aliphatic carbocycles. The smallest absolute Gasteiger partial charge is 0.353 e. The highest BCUT2D eigenvalue weighted by molar-refractivity contribution is 7.52. The Labute approximate surface area is 257 Å². The Hall–Kier alpha value is -2.36. The molecule has 2 aromatic heterocycles. The van der Waals surface area contributed by atoms with E-state index < -0.39 is 13.9 Å². The number of rotatable bonds is 21. The van der Waals surface area contributed by atoms with Crippen molar-refractivity contribution >= 4 is 24.6 Å². The summed E-state index contributed by atoms with van der Waals surface area (Å²) in [5, 5.41) is 0. The molecule has 10 nitrogen and oxygen atoms in total. The Morgan fingerprint density at radius 2 is 1.56 bits per heavy atom. The van der Waals surface area contributed by atoms with Crippen LogP contribution in [-0.4, -0.2) is 56.7 Å². The third-order valence-corrected chi connectivity index (χ3v) is 8.56. The van der Waals surface area contributed by atoms with Crippen LogP contribution in [0.5, 0.6) is 0 Å². The van der Waals surface area contributed by atoms with Crippen LogP contribution in [0.3, 0.4) is 0 Å². The molecule has 2 heterocycles. The van der Waals surface area contributed by atoms with Gasteiger partial charge in [0.05, 0.1) is 32.2 Å². The van der Waals surface area contributed by atoms with E-state index in [-0.39, 0.29) is 24.7 Å². The molecule has 0 bridgehead atoms. The zero-order valence-electron chi connectivity index (χ0n) is 26.5. The summed E-state index contributed by atoms with van der Waals surface area (Å²) in [5.41, 5.74) is 9.98. The number of aromatic nitrogens is 4. The predicted octanol–water partition coefficient (Wildman–Crippen LogP) is 7.04. The van der Waals surface area contributed by atoms with Gasteiger partial charge in [-0.15, -0.1) is 0 Å². The number of unbranched alkanes of at least 4 members (excludes halogenated alkanes) is 8. The lowest BCUT2D eigenvalue weighted by molar-refractivity contribution is 0.0610. The number of nitrogens with two attached hydrogens (primary N) is 1. The van der Waals surface area contributed by atoms with Gasteiger partial charge in [0.1, 0.15) is 18.2 Å². The molecular formula is C32H52N5O5P. The van der Waals surface area contributed by atoms with Crippen LogP contribution in [-0.2, 0) is 36.9 Å². The van der Waals surface area contributed by atoms with Crippen molar-refractivity contribution in [3.8, 4) is 0 Å². The van der Waals surface area contributed by atoms with Gasteiger partial charge in [-0.25, -0.2) is 15.0 Å². The highest BCUT2D eigenvalue weighted by Gasteiger charge is 2.22. The summed E-state index contributed by atoms with van der Waals surface area (Å²) >= 11 is 0. The molecule has 3 N–H and O–H groups in total. The first-order valence-electron chi connectivity index (χ1n) is 15.7. The van der Waals surface area contributed by atoms with Crippen molar-refractivity contribution in [2.75, 3.05) is 31.9 Å². The normalized spacial score (nSPS) is 14.3. The number of benzene rings is 1. The van der Waals surface area contributed by atoms with E-state index in [1.54, 1.807) is 17.8 Å². The molecule has 0 amide bonds. The second-order valence-corrected chi connectivity index (χ2v) is 14.2. The van der Waals surface area contributed by atoms with Crippen molar-refractivity contribution in [1.82, 2.24) is 19.5 Å². The third-order valence-electron chi connectivity index (χ3n) is 7.50. The minimum absolute atomic E-state index is 0.0517. The topological polar surface area (TPSA) is 135 Å². The number of aryl methyl sites for hydroxylation is 1. The van der Waals surface area contributed by atoms with Gasteiger partial charge in [0.15, 0.2) is 11.5 Å². The van der Waals surface area contributed by atoms with E-state index in [2.05, 4.69) is 60.0 Å². The summed E-state index contributed by atoms with van der Waals surface area (Å²) in [4.78, 5) is 22.4. The lowest BCUT2D eigenvalue weighted by Gasteiger charge is -2.19. The van der Waals surface area contributed by atoms with Crippen LogP contribution in [0.4, 0.5) is 5.82 Å². The molecule has 0 radical (unpaired) electrons. The first-order valence-corrected chi connectivity index (χ1v) is 17.5. The number of imidazole rings is 1. The molecular weight excluding hydrogens is 565 g/mol. The van der Waals surface area contributed by atoms with Crippen molar-refractivity contribution < 1.29 is 23.5 Å². The molecule has 0 saturated carbocycles. The molecule has 0 spiro atoms. The molecule has 1 unspecified atom stereocenters. The number of nitrogen functional groups attached to an aromatic ring is 1. The van der Waals surface area contributed by atoms with Gasteiger partial charge in [-0.05, 0) is 42.7 Å². The van der Waals surface area contributed by atoms with Gasteiger partial charge < -0.3 is 29.2 Å². The molecule has 0 fully saturated rings. The molecule has 3 aromatic rings. The average Bonchev–Trinajstić information content (AvgIpc) is 3.37. The van der Waals surface area contributed by atoms with Crippen LogP contribution >= 0.6 is 7.60 Å². The Kier molecular flexibility index (Phi) is 14.6. The second-order valence-electron chi connectivity index (χ2n) is 12.4. The van der Waals surface area contributed by atoms with Gasteiger partial charge in [0.2, 0.25) is 0 Å². The molecule has 43 heavy (non-hydrogen) atoms. The molecule has 0 aliphatic rings. The summed E-state index contributed by atoms with van der Waals surface area (Å²) in [7, 11) is -3.87. The SMILES string of the molecule is C[C@H](Cn1cnc2c(N)ncnc21)OCP(=O)(O)OCCOCCCCCCCCCCCc1ccc(C(C)(C)C)cc1. The Balaban J connectivity index is 1.11. The lowest BCUT2D eigenvalue weighted by atomic mass is 9.86. The molecule has 11 heteroatoms. The number of nitrogens with zero attached hydrogens (tertiary/aromatic N) is 4. The van der Waals surface area contributed by atoms with Gasteiger partial charge in [0.25, 0.3) is 0 Å². The third kappa shape index (κ3) is 13.0. The number of anilines is 1. The average molecular weight is 618 g/mol. The van der Waals surface area contributed by atoms with Crippen molar-refractivity contribution in [1.29, 1.82) is 0 Å². The van der Waals surface area contributed by atoms with Crippen molar-refractivity contribution in [3.63, 3.8) is 0 Å². The number of hydrogen-bond acceptors (Lipinski definition) is 8. The van der Waals surface area contributed by atoms with Crippen LogP contribution in [0.2, 0.25) is 0 Å². The van der Waals surface area contributed by atoms with E-state index >= 15 is 0 Å². The van der Waals surface area contributed by atoms with Crippen molar-refractivity contribution in [2.45, 2.75) is 110 Å². The summed E-state index contributed by atoms with van der Waals surface area (Å²) < 4.78 is 30.3. The van der Waals surface area contributed by atoms with E-state index in [0.29, 0.717) is 30.1 Å². The van der Waals surface area contributed by atoms with Crippen LogP contribution in [0.25, 0.3) is 11.2 Å². The number of hydrogen-bond donors (Lipinski definition) is 2. The van der Waals surface area contributed by atoms with Crippen LogP contribution in [0.1, 0.15) is 96.6 Å². The van der Waals surface area contributed by atoms with Crippen LogP contribution < -0.4 is 5.73 Å². The Morgan fingerprint density at radius 3 is 2.23 bits per heavy atom. The Bertz CT molecular complexity index is 1260. The summed E-state index contributed by atoms with van der Waals surface area (Å²) in [6.45, 7) is 9.93. The fourth-order valence-corrected chi connectivity index (χ4v) is 5.78. The molecule has 3 rings (SSSR count). The molecule has 1 aromatic carbocycles. The number of fused-ring (bicyclic) bond motifs is 1. The number of ether oxygens (including phenoxy) is 2. The molecule has 240 valence electrons. The maximum atomic E-state index is 12.3. The standard InChI is InChI=1S/C32H52N5O5P/c1-26(22-37-24-36-29-30(33)34-23-35-31(29)37)41-25-43(38,39)42-21-20-40-19-13-11-9-7-5-6-8-10-12-14-27-15-17-28(18-16-27)32(2,3)4/h15-18,23-24,26H,5-14,19-22,25H2,1-4H3,(H,38,39)(H2,33,34,35)/t26-/m1/s1. The van der Waals surface area contributed by atoms with Crippen molar-refractivity contribution in [2.24, 2.45) is 0 Å². The quantitative estimate of drug-likeness (QED) is 0.0953. The van der Waals surface area contributed by atoms with Crippen LogP contribution in [0.15, 0.2) is 36.9 Å². The maximum Gasteiger partial charge on any atom is 0.353 e. The van der Waals surface area contributed by atoms with E-state index in [0.717, 1.165) is 12.8 Å². The van der Waals surface area contributed by atoms with Gasteiger partial charge in [-0.3, -0.25) is 4.57 Å². The zero-order chi connectivity index (χ0) is 31.1. The van der Waals surface area contributed by atoms with Gasteiger partial charge in [0, 0.05) is 6.61 Å². The predicted molar refractivity (Wildman–Crippen MR) is 172 cm³/mol. The van der Waals surface area contributed by atoms with E-state index in [1.807, 2.05) is 0 Å². The fraction of sp³-hybridized carbons (Fsp3) is 0.656. The maximum absolute atomic E-state index is 12.3. The molecule has 0 aliphatic heterocycles. The summed E-state index contributed by atoms with van der Waals surface area (Å²) in [6, 6.07) is 9.14. The zero-order valence-corrected chi connectivity index (χ0v) is 27.4. The van der Waals surface area contributed by atoms with E-state index in [4.69, 9.17) is 19.7 Å². The van der Waals surface area contributed by atoms with Crippen molar-refractivity contribution in [3.05, 3.63) is 48.0 Å². The summed E-state index contributed by atoms with van der Waals surface area (Å²) in [5.74, 6) is 0.304. The first kappa shape index (κ1) is 35.1. The van der Waals surface area contributed by atoms with Gasteiger partial charge >= 0.3 is 7.60 Å². The van der Waals surface area contributed by atoms with Crippen LogP contribution in [0, 0.1) is 0 Å². The molecule has 0 saturated heterocycles. The summed E-state index contributed by atoms with van der Waals surface area (Å²) in [6.07, 6.45) is 14.5.